The Morgan fingerprint density at radius 3 is 2.63 bits per heavy atom. The van der Waals surface area contributed by atoms with Gasteiger partial charge in [0.2, 0.25) is 10.0 Å². The standard InChI is InChI=1S/C12H15NO5S/c1-18-11-5-7(8-6-9(8)12(14)15)3-4-10(11)13-19(2,16)17/h3-5,8-9,13H,6H2,1-2H3,(H,14,15). The number of sulfonamides is 1. The summed E-state index contributed by atoms with van der Waals surface area (Å²) in [6.07, 6.45) is 1.67. The van der Waals surface area contributed by atoms with Crippen molar-refractivity contribution in [3.8, 4) is 5.75 Å². The molecule has 6 nitrogen and oxygen atoms in total. The number of aliphatic carboxylic acids is 1. The average molecular weight is 285 g/mol. The number of methoxy groups -OCH3 is 1. The fourth-order valence-corrected chi connectivity index (χ4v) is 2.63. The Balaban J connectivity index is 2.25. The first-order chi connectivity index (χ1) is 8.81. The third-order valence-corrected chi connectivity index (χ3v) is 3.65. The highest BCUT2D eigenvalue weighted by atomic mass is 32.2. The molecule has 0 radical (unpaired) electrons. The van der Waals surface area contributed by atoms with Crippen molar-refractivity contribution in [1.82, 2.24) is 0 Å². The van der Waals surface area contributed by atoms with E-state index in [4.69, 9.17) is 9.84 Å². The second-order valence-electron chi connectivity index (χ2n) is 4.62. The molecule has 0 aliphatic heterocycles. The maximum atomic E-state index is 11.2. The van der Waals surface area contributed by atoms with Crippen molar-refractivity contribution in [2.24, 2.45) is 5.92 Å². The lowest BCUT2D eigenvalue weighted by atomic mass is 10.1. The van der Waals surface area contributed by atoms with Crippen LogP contribution in [0, 0.1) is 5.92 Å². The van der Waals surface area contributed by atoms with Crippen molar-refractivity contribution in [3.05, 3.63) is 23.8 Å². The quantitative estimate of drug-likeness (QED) is 0.849. The van der Waals surface area contributed by atoms with E-state index in [1.165, 1.54) is 7.11 Å². The van der Waals surface area contributed by atoms with Gasteiger partial charge in [-0.3, -0.25) is 9.52 Å². The molecule has 2 unspecified atom stereocenters. The second kappa shape index (κ2) is 4.73. The van der Waals surface area contributed by atoms with Gasteiger partial charge in [-0.15, -0.1) is 0 Å². The van der Waals surface area contributed by atoms with Gasteiger partial charge in [0, 0.05) is 0 Å². The molecule has 1 fully saturated rings. The molecule has 19 heavy (non-hydrogen) atoms. The van der Waals surface area contributed by atoms with Crippen LogP contribution >= 0.6 is 0 Å². The third-order valence-electron chi connectivity index (χ3n) is 3.06. The largest absolute Gasteiger partial charge is 0.495 e. The van der Waals surface area contributed by atoms with Crippen LogP contribution in [0.3, 0.4) is 0 Å². The Morgan fingerprint density at radius 1 is 1.47 bits per heavy atom. The van der Waals surface area contributed by atoms with Crippen molar-refractivity contribution in [2.75, 3.05) is 18.1 Å². The number of ether oxygens (including phenoxy) is 1. The van der Waals surface area contributed by atoms with E-state index in [-0.39, 0.29) is 11.8 Å². The first-order valence-electron chi connectivity index (χ1n) is 5.70. The van der Waals surface area contributed by atoms with E-state index in [2.05, 4.69) is 4.72 Å². The van der Waals surface area contributed by atoms with Crippen LogP contribution in [-0.4, -0.2) is 32.9 Å². The molecule has 2 rings (SSSR count). The number of rotatable bonds is 5. The van der Waals surface area contributed by atoms with Crippen LogP contribution < -0.4 is 9.46 Å². The van der Waals surface area contributed by atoms with Gasteiger partial charge in [0.05, 0.1) is 25.0 Å². The molecular weight excluding hydrogens is 270 g/mol. The summed E-state index contributed by atoms with van der Waals surface area (Å²) in [6, 6.07) is 5.00. The van der Waals surface area contributed by atoms with Crippen molar-refractivity contribution >= 4 is 21.7 Å². The van der Waals surface area contributed by atoms with E-state index in [1.54, 1.807) is 18.2 Å². The van der Waals surface area contributed by atoms with Crippen LogP contribution in [0.25, 0.3) is 0 Å². The zero-order valence-electron chi connectivity index (χ0n) is 10.6. The smallest absolute Gasteiger partial charge is 0.307 e. The zero-order chi connectivity index (χ0) is 14.2. The molecule has 1 aromatic rings. The van der Waals surface area contributed by atoms with Crippen LogP contribution in [0.1, 0.15) is 17.9 Å². The maximum Gasteiger partial charge on any atom is 0.307 e. The van der Waals surface area contributed by atoms with E-state index in [1.807, 2.05) is 0 Å². The molecule has 7 heteroatoms. The summed E-state index contributed by atoms with van der Waals surface area (Å²) in [4.78, 5) is 10.8. The van der Waals surface area contributed by atoms with Gasteiger partial charge in [0.15, 0.2) is 0 Å². The van der Waals surface area contributed by atoms with E-state index in [9.17, 15) is 13.2 Å². The van der Waals surface area contributed by atoms with E-state index in [0.29, 0.717) is 17.9 Å². The molecule has 0 amide bonds. The molecule has 0 spiro atoms. The van der Waals surface area contributed by atoms with Crippen LogP contribution in [0.2, 0.25) is 0 Å². The minimum atomic E-state index is -3.38. The number of benzene rings is 1. The van der Waals surface area contributed by atoms with E-state index < -0.39 is 16.0 Å². The molecule has 0 saturated heterocycles. The number of carboxylic acid groups (broad SMARTS) is 1. The third kappa shape index (κ3) is 3.17. The summed E-state index contributed by atoms with van der Waals surface area (Å²) >= 11 is 0. The summed E-state index contributed by atoms with van der Waals surface area (Å²) in [5.41, 5.74) is 1.20. The Morgan fingerprint density at radius 2 is 2.16 bits per heavy atom. The van der Waals surface area contributed by atoms with Gasteiger partial charge in [-0.2, -0.15) is 0 Å². The molecule has 1 aromatic carbocycles. The Kier molecular flexibility index (Phi) is 3.40. The molecule has 0 heterocycles. The van der Waals surface area contributed by atoms with Gasteiger partial charge < -0.3 is 9.84 Å². The summed E-state index contributed by atoms with van der Waals surface area (Å²) < 4.78 is 29.9. The Bertz CT molecular complexity index is 611. The molecule has 104 valence electrons. The van der Waals surface area contributed by atoms with Gasteiger partial charge in [0.25, 0.3) is 0 Å². The summed E-state index contributed by atoms with van der Waals surface area (Å²) in [5.74, 6) is -0.779. The van der Waals surface area contributed by atoms with Gasteiger partial charge in [-0.1, -0.05) is 6.07 Å². The van der Waals surface area contributed by atoms with Crippen LogP contribution in [0.5, 0.6) is 5.75 Å². The molecule has 2 atom stereocenters. The molecule has 2 N–H and O–H groups in total. The SMILES string of the molecule is COc1cc(C2CC2C(=O)O)ccc1NS(C)(=O)=O. The summed E-state index contributed by atoms with van der Waals surface area (Å²) in [5, 5.41) is 8.90. The highest BCUT2D eigenvalue weighted by molar-refractivity contribution is 7.92. The van der Waals surface area contributed by atoms with Gasteiger partial charge in [0.1, 0.15) is 5.75 Å². The van der Waals surface area contributed by atoms with E-state index >= 15 is 0 Å². The number of hydrogen-bond donors (Lipinski definition) is 2. The van der Waals surface area contributed by atoms with Crippen LogP contribution in [0.4, 0.5) is 5.69 Å². The number of anilines is 1. The highest BCUT2D eigenvalue weighted by Gasteiger charge is 2.44. The molecule has 0 aromatic heterocycles. The van der Waals surface area contributed by atoms with Crippen molar-refractivity contribution < 1.29 is 23.1 Å². The molecule has 1 aliphatic carbocycles. The van der Waals surface area contributed by atoms with Gasteiger partial charge in [-0.05, 0) is 30.0 Å². The monoisotopic (exact) mass is 285 g/mol. The number of carbonyl (C=O) groups is 1. The minimum Gasteiger partial charge on any atom is -0.495 e. The molecule has 0 bridgehead atoms. The van der Waals surface area contributed by atoms with Crippen molar-refractivity contribution in [2.45, 2.75) is 12.3 Å². The van der Waals surface area contributed by atoms with Crippen LogP contribution in [0.15, 0.2) is 18.2 Å². The number of hydrogen-bond acceptors (Lipinski definition) is 4. The fraction of sp³-hybridized carbons (Fsp3) is 0.417. The van der Waals surface area contributed by atoms with Crippen molar-refractivity contribution in [3.63, 3.8) is 0 Å². The Hall–Kier alpha value is -1.76. The lowest BCUT2D eigenvalue weighted by Crippen LogP contribution is -2.10. The van der Waals surface area contributed by atoms with Crippen LogP contribution in [-0.2, 0) is 14.8 Å². The fourth-order valence-electron chi connectivity index (χ4n) is 2.06. The minimum absolute atomic E-state index is 0.0151. The topological polar surface area (TPSA) is 92.7 Å². The van der Waals surface area contributed by atoms with E-state index in [0.717, 1.165) is 11.8 Å². The lowest BCUT2D eigenvalue weighted by molar-refractivity contribution is -0.138. The van der Waals surface area contributed by atoms with Crippen molar-refractivity contribution in [1.29, 1.82) is 0 Å². The van der Waals surface area contributed by atoms with Gasteiger partial charge in [-0.25, -0.2) is 8.42 Å². The number of nitrogens with one attached hydrogen (secondary N) is 1. The Labute approximate surface area is 111 Å². The first-order valence-corrected chi connectivity index (χ1v) is 7.59. The average Bonchev–Trinajstić information content (AvgIpc) is 3.07. The molecule has 1 saturated carbocycles. The maximum absolute atomic E-state index is 11.2. The van der Waals surface area contributed by atoms with Gasteiger partial charge >= 0.3 is 5.97 Å². The second-order valence-corrected chi connectivity index (χ2v) is 6.37. The predicted octanol–water partition coefficient (Wildman–Crippen LogP) is 1.25. The summed E-state index contributed by atoms with van der Waals surface area (Å²) in [7, 11) is -1.94. The summed E-state index contributed by atoms with van der Waals surface area (Å²) in [6.45, 7) is 0. The number of carboxylic acids is 1. The zero-order valence-corrected chi connectivity index (χ0v) is 11.4. The predicted molar refractivity (Wildman–Crippen MR) is 69.9 cm³/mol. The highest BCUT2D eigenvalue weighted by Crippen LogP contribution is 2.48. The lowest BCUT2D eigenvalue weighted by Gasteiger charge is -2.11. The molecule has 1 aliphatic rings. The molecular formula is C12H15NO5S. The normalized spacial score (nSPS) is 21.8. The first kappa shape index (κ1) is 13.7.